The van der Waals surface area contributed by atoms with Crippen LogP contribution >= 0.6 is 0 Å². The summed E-state index contributed by atoms with van der Waals surface area (Å²) >= 11 is 0. The fourth-order valence-electron chi connectivity index (χ4n) is 2.45. The number of anilines is 1. The van der Waals surface area contributed by atoms with Gasteiger partial charge < -0.3 is 20.1 Å². The van der Waals surface area contributed by atoms with Gasteiger partial charge in [0.05, 0.1) is 19.3 Å². The SMILES string of the molecule is OC[C@H]1OC([n+]2c[nH]c3c2NC=NC[C@H]3O)C[C@@H]1O. The van der Waals surface area contributed by atoms with E-state index in [1.54, 1.807) is 10.9 Å². The molecule has 1 unspecified atom stereocenters. The zero-order valence-electron chi connectivity index (χ0n) is 10.2. The van der Waals surface area contributed by atoms with Gasteiger partial charge in [0.15, 0.2) is 18.2 Å². The van der Waals surface area contributed by atoms with E-state index < -0.39 is 24.5 Å². The molecular weight excluding hydrogens is 252 g/mol. The van der Waals surface area contributed by atoms with Gasteiger partial charge in [-0.2, -0.15) is 0 Å². The maximum atomic E-state index is 9.92. The number of imidazole rings is 1. The van der Waals surface area contributed by atoms with Crippen LogP contribution in [0.5, 0.6) is 0 Å². The van der Waals surface area contributed by atoms with Crippen LogP contribution in [-0.2, 0) is 4.74 Å². The van der Waals surface area contributed by atoms with Crippen molar-refractivity contribution in [3.8, 4) is 0 Å². The van der Waals surface area contributed by atoms with Crippen molar-refractivity contribution in [2.24, 2.45) is 4.99 Å². The minimum absolute atomic E-state index is 0.220. The summed E-state index contributed by atoms with van der Waals surface area (Å²) in [5, 5.41) is 31.8. The van der Waals surface area contributed by atoms with E-state index in [0.717, 1.165) is 0 Å². The molecule has 0 radical (unpaired) electrons. The molecule has 5 N–H and O–H groups in total. The van der Waals surface area contributed by atoms with Gasteiger partial charge in [0.25, 0.3) is 5.82 Å². The number of aliphatic hydroxyl groups excluding tert-OH is 3. The van der Waals surface area contributed by atoms with Gasteiger partial charge in [-0.1, -0.05) is 0 Å². The summed E-state index contributed by atoms with van der Waals surface area (Å²) in [7, 11) is 0. The topological polar surface area (TPSA) is 114 Å². The van der Waals surface area contributed by atoms with E-state index in [0.29, 0.717) is 17.9 Å². The maximum Gasteiger partial charge on any atom is 0.267 e. The zero-order chi connectivity index (χ0) is 13.4. The number of hydrogen-bond donors (Lipinski definition) is 5. The van der Waals surface area contributed by atoms with Crippen LogP contribution in [0, 0.1) is 0 Å². The third-order valence-corrected chi connectivity index (χ3v) is 3.47. The Morgan fingerprint density at radius 2 is 2.32 bits per heavy atom. The average molecular weight is 269 g/mol. The van der Waals surface area contributed by atoms with Gasteiger partial charge in [0, 0.05) is 6.42 Å². The molecule has 4 atom stereocenters. The number of aliphatic hydroxyl groups is 3. The lowest BCUT2D eigenvalue weighted by Crippen LogP contribution is -2.40. The molecule has 0 aromatic carbocycles. The Balaban J connectivity index is 1.89. The second-order valence-electron chi connectivity index (χ2n) is 4.71. The van der Waals surface area contributed by atoms with Crippen LogP contribution in [0.2, 0.25) is 0 Å². The lowest BCUT2D eigenvalue weighted by molar-refractivity contribution is -0.746. The van der Waals surface area contributed by atoms with Crippen LogP contribution in [0.15, 0.2) is 11.3 Å². The Bertz CT molecular complexity index is 489. The Morgan fingerprint density at radius 1 is 1.47 bits per heavy atom. The molecule has 3 rings (SSSR count). The number of rotatable bonds is 2. The quantitative estimate of drug-likeness (QED) is 0.416. The molecule has 104 valence electrons. The minimum atomic E-state index is -0.706. The Labute approximate surface area is 109 Å². The first-order valence-corrected chi connectivity index (χ1v) is 6.20. The highest BCUT2D eigenvalue weighted by Gasteiger charge is 2.39. The number of H-pyrrole nitrogens is 1. The van der Waals surface area contributed by atoms with Crippen LogP contribution in [0.1, 0.15) is 24.4 Å². The maximum absolute atomic E-state index is 9.92. The molecule has 1 saturated heterocycles. The van der Waals surface area contributed by atoms with Gasteiger partial charge in [-0.25, -0.2) is 4.57 Å². The number of ether oxygens (including phenoxy) is 1. The average Bonchev–Trinajstić information content (AvgIpc) is 2.93. The lowest BCUT2D eigenvalue weighted by Gasteiger charge is -2.11. The highest BCUT2D eigenvalue weighted by molar-refractivity contribution is 5.74. The fraction of sp³-hybridized carbons (Fsp3) is 0.636. The number of nitrogens with zero attached hydrogens (tertiary/aromatic N) is 2. The normalized spacial score (nSPS) is 33.8. The van der Waals surface area contributed by atoms with Crippen molar-refractivity contribution in [1.29, 1.82) is 0 Å². The predicted molar refractivity (Wildman–Crippen MR) is 64.5 cm³/mol. The monoisotopic (exact) mass is 269 g/mol. The summed E-state index contributed by atoms with van der Waals surface area (Å²) in [6.07, 6.45) is 1.21. The molecule has 0 spiro atoms. The molecule has 1 aromatic rings. The first-order valence-electron chi connectivity index (χ1n) is 6.20. The van der Waals surface area contributed by atoms with Gasteiger partial charge in [-0.3, -0.25) is 15.3 Å². The number of hydrogen-bond acceptors (Lipinski definition) is 6. The van der Waals surface area contributed by atoms with Crippen molar-refractivity contribution in [3.05, 3.63) is 12.0 Å². The van der Waals surface area contributed by atoms with Gasteiger partial charge in [-0.15, -0.1) is 0 Å². The van der Waals surface area contributed by atoms with Crippen LogP contribution in [0.3, 0.4) is 0 Å². The van der Waals surface area contributed by atoms with E-state index in [2.05, 4.69) is 15.3 Å². The molecule has 1 fully saturated rings. The second-order valence-corrected chi connectivity index (χ2v) is 4.71. The molecule has 8 nitrogen and oxygen atoms in total. The van der Waals surface area contributed by atoms with Crippen molar-refractivity contribution < 1.29 is 24.6 Å². The Hall–Kier alpha value is -1.48. The molecule has 2 aliphatic heterocycles. The van der Waals surface area contributed by atoms with E-state index >= 15 is 0 Å². The molecule has 2 aliphatic rings. The summed E-state index contributed by atoms with van der Waals surface area (Å²) < 4.78 is 7.34. The van der Waals surface area contributed by atoms with Crippen molar-refractivity contribution in [2.45, 2.75) is 31.0 Å². The summed E-state index contributed by atoms with van der Waals surface area (Å²) in [4.78, 5) is 6.99. The van der Waals surface area contributed by atoms with Crippen LogP contribution in [-0.4, -0.2) is 52.0 Å². The lowest BCUT2D eigenvalue weighted by atomic mass is 10.2. The summed E-state index contributed by atoms with van der Waals surface area (Å²) in [5.74, 6) is 0.657. The molecule has 1 aromatic heterocycles. The summed E-state index contributed by atoms with van der Waals surface area (Å²) in [6, 6.07) is 0. The van der Waals surface area contributed by atoms with E-state index in [1.807, 2.05) is 0 Å². The number of aromatic nitrogens is 2. The Kier molecular flexibility index (Phi) is 3.23. The van der Waals surface area contributed by atoms with Gasteiger partial charge >= 0.3 is 0 Å². The van der Waals surface area contributed by atoms with Crippen molar-refractivity contribution in [2.75, 3.05) is 18.5 Å². The molecule has 0 saturated carbocycles. The van der Waals surface area contributed by atoms with Gasteiger partial charge in [0.2, 0.25) is 0 Å². The first kappa shape index (κ1) is 12.5. The predicted octanol–water partition coefficient (Wildman–Crippen LogP) is -1.57. The number of aliphatic imine (C=N–C) groups is 1. The van der Waals surface area contributed by atoms with Crippen LogP contribution in [0.4, 0.5) is 5.82 Å². The molecule has 0 bridgehead atoms. The minimum Gasteiger partial charge on any atom is -0.394 e. The standard InChI is InChI=1S/C11H16N4O4/c16-3-8-6(17)1-9(19-8)15-5-14-10-7(18)2-12-4-13-11(10)15/h4-9,16-18H,1-3H2,(H,12,13)/p+1/t6-,7+,8+,9?/m0/s1. The number of nitrogens with one attached hydrogen (secondary N) is 2. The molecule has 3 heterocycles. The number of aromatic amines is 1. The molecule has 8 heteroatoms. The van der Waals surface area contributed by atoms with Gasteiger partial charge in [0.1, 0.15) is 18.5 Å². The Morgan fingerprint density at radius 3 is 3.05 bits per heavy atom. The third kappa shape index (κ3) is 2.12. The second kappa shape index (κ2) is 4.89. The molecular formula is C11H17N4O4+. The smallest absolute Gasteiger partial charge is 0.267 e. The van der Waals surface area contributed by atoms with E-state index in [-0.39, 0.29) is 13.2 Å². The number of fused-ring (bicyclic) bond motifs is 1. The van der Waals surface area contributed by atoms with E-state index in [9.17, 15) is 10.2 Å². The largest absolute Gasteiger partial charge is 0.394 e. The molecule has 19 heavy (non-hydrogen) atoms. The highest BCUT2D eigenvalue weighted by atomic mass is 16.5. The summed E-state index contributed by atoms with van der Waals surface area (Å²) in [5.41, 5.74) is 0.628. The van der Waals surface area contributed by atoms with Gasteiger partial charge in [-0.05, 0) is 0 Å². The van der Waals surface area contributed by atoms with E-state index in [4.69, 9.17) is 9.84 Å². The molecule has 0 aliphatic carbocycles. The fourth-order valence-corrected chi connectivity index (χ4v) is 2.45. The first-order chi connectivity index (χ1) is 9.20. The zero-order valence-corrected chi connectivity index (χ0v) is 10.2. The highest BCUT2D eigenvalue weighted by Crippen LogP contribution is 2.28. The van der Waals surface area contributed by atoms with Crippen molar-refractivity contribution >= 4 is 12.2 Å². The van der Waals surface area contributed by atoms with Crippen molar-refractivity contribution in [3.63, 3.8) is 0 Å². The van der Waals surface area contributed by atoms with Crippen LogP contribution in [0.25, 0.3) is 0 Å². The molecule has 0 amide bonds. The third-order valence-electron chi connectivity index (χ3n) is 3.47. The summed E-state index contributed by atoms with van der Waals surface area (Å²) in [6.45, 7) is 0.0658. The van der Waals surface area contributed by atoms with E-state index in [1.165, 1.54) is 6.34 Å². The van der Waals surface area contributed by atoms with Crippen molar-refractivity contribution in [1.82, 2.24) is 4.98 Å². The van der Waals surface area contributed by atoms with Crippen LogP contribution < -0.4 is 9.88 Å².